The summed E-state index contributed by atoms with van der Waals surface area (Å²) in [7, 11) is 2.93. The molecule has 0 saturated carbocycles. The van der Waals surface area contributed by atoms with Crippen molar-refractivity contribution in [2.24, 2.45) is 0 Å². The van der Waals surface area contributed by atoms with E-state index in [-0.39, 0.29) is 0 Å². The third-order valence-corrected chi connectivity index (χ3v) is 4.48. The van der Waals surface area contributed by atoms with E-state index >= 15 is 0 Å². The lowest BCUT2D eigenvalue weighted by molar-refractivity contribution is 0.226. The van der Waals surface area contributed by atoms with Gasteiger partial charge in [-0.05, 0) is 43.7 Å². The van der Waals surface area contributed by atoms with Crippen LogP contribution < -0.4 is 0 Å². The third-order valence-electron chi connectivity index (χ3n) is 2.82. The molecule has 3 heteroatoms. The lowest BCUT2D eigenvalue weighted by Gasteiger charge is -2.29. The van der Waals surface area contributed by atoms with Crippen LogP contribution >= 0.6 is 20.6 Å². The maximum Gasteiger partial charge on any atom is 0.0769 e. The van der Waals surface area contributed by atoms with Gasteiger partial charge in [-0.2, -0.15) is 0 Å². The predicted octanol–water partition coefficient (Wildman–Crippen LogP) is 2.57. The molecule has 0 spiro atoms. The molecule has 2 rings (SSSR count). The monoisotopic (exact) mass is 237 g/mol. The maximum absolute atomic E-state index is 5.36. The van der Waals surface area contributed by atoms with Crippen LogP contribution in [0, 0.1) is 12.3 Å². The SMILES string of the molecule is C#Cc1ccc(CN2CCC(P)CC2)s1. The number of nitrogens with zero attached hydrogens (tertiary/aromatic N) is 1. The summed E-state index contributed by atoms with van der Waals surface area (Å²) in [4.78, 5) is 4.96. The highest BCUT2D eigenvalue weighted by Gasteiger charge is 2.16. The molecular weight excluding hydrogens is 221 g/mol. The van der Waals surface area contributed by atoms with E-state index in [0.717, 1.165) is 17.1 Å². The minimum absolute atomic E-state index is 0.825. The molecule has 1 aliphatic rings. The Morgan fingerprint density at radius 2 is 2.20 bits per heavy atom. The van der Waals surface area contributed by atoms with Gasteiger partial charge in [0.1, 0.15) is 0 Å². The summed E-state index contributed by atoms with van der Waals surface area (Å²) in [6.07, 6.45) is 7.97. The Balaban J connectivity index is 1.89. The second kappa shape index (κ2) is 5.12. The largest absolute Gasteiger partial charge is 0.298 e. The van der Waals surface area contributed by atoms with E-state index in [4.69, 9.17) is 6.42 Å². The molecule has 1 aromatic rings. The zero-order valence-electron chi connectivity index (χ0n) is 8.78. The van der Waals surface area contributed by atoms with E-state index < -0.39 is 0 Å². The summed E-state index contributed by atoms with van der Waals surface area (Å²) in [6.45, 7) is 3.51. The minimum atomic E-state index is 0.825. The maximum atomic E-state index is 5.36. The van der Waals surface area contributed by atoms with E-state index in [2.05, 4.69) is 26.1 Å². The number of terminal acetylenes is 1. The Labute approximate surface area is 98.1 Å². The highest BCUT2D eigenvalue weighted by molar-refractivity contribution is 7.17. The Bertz CT molecular complexity index is 358. The van der Waals surface area contributed by atoms with Gasteiger partial charge in [-0.15, -0.1) is 27.0 Å². The fourth-order valence-corrected chi connectivity index (χ4v) is 3.03. The second-order valence-corrected chi connectivity index (χ2v) is 6.14. The fraction of sp³-hybridized carbons (Fsp3) is 0.500. The molecule has 80 valence electrons. The molecule has 2 heterocycles. The average molecular weight is 237 g/mol. The molecule has 0 aromatic carbocycles. The van der Waals surface area contributed by atoms with E-state index in [1.54, 1.807) is 11.3 Å². The van der Waals surface area contributed by atoms with Crippen LogP contribution in [0.25, 0.3) is 0 Å². The van der Waals surface area contributed by atoms with Gasteiger partial charge in [0.2, 0.25) is 0 Å². The number of hydrogen-bond acceptors (Lipinski definition) is 2. The van der Waals surface area contributed by atoms with Crippen molar-refractivity contribution in [3.8, 4) is 12.3 Å². The summed E-state index contributed by atoms with van der Waals surface area (Å²) >= 11 is 1.74. The molecule has 1 nitrogen and oxygen atoms in total. The van der Waals surface area contributed by atoms with Crippen molar-refractivity contribution in [3.63, 3.8) is 0 Å². The van der Waals surface area contributed by atoms with Crippen molar-refractivity contribution in [1.29, 1.82) is 0 Å². The molecular formula is C12H16NPS. The predicted molar refractivity (Wildman–Crippen MR) is 70.3 cm³/mol. The van der Waals surface area contributed by atoms with Crippen LogP contribution in [-0.2, 0) is 6.54 Å². The molecule has 0 aliphatic carbocycles. The van der Waals surface area contributed by atoms with Crippen molar-refractivity contribution in [1.82, 2.24) is 4.90 Å². The standard InChI is InChI=1S/C12H16NPS/c1-2-11-3-4-12(15-11)9-13-7-5-10(14)6-8-13/h1,3-4,10H,5-9,14H2. The third kappa shape index (κ3) is 3.05. The number of rotatable bonds is 2. The van der Waals surface area contributed by atoms with Gasteiger partial charge in [0.25, 0.3) is 0 Å². The Morgan fingerprint density at radius 3 is 2.80 bits per heavy atom. The fourth-order valence-electron chi connectivity index (χ4n) is 1.87. The lowest BCUT2D eigenvalue weighted by Crippen LogP contribution is -2.33. The summed E-state index contributed by atoms with van der Waals surface area (Å²) in [6, 6.07) is 4.20. The van der Waals surface area contributed by atoms with E-state index in [1.807, 2.05) is 6.07 Å². The number of thiophene rings is 1. The summed E-state index contributed by atoms with van der Waals surface area (Å²) < 4.78 is 0. The first-order chi connectivity index (χ1) is 7.28. The molecule has 0 radical (unpaired) electrons. The number of hydrogen-bond donors (Lipinski definition) is 0. The van der Waals surface area contributed by atoms with Crippen molar-refractivity contribution in [3.05, 3.63) is 21.9 Å². The molecule has 1 saturated heterocycles. The zero-order chi connectivity index (χ0) is 10.7. The van der Waals surface area contributed by atoms with Gasteiger partial charge in [0.05, 0.1) is 4.88 Å². The van der Waals surface area contributed by atoms with E-state index in [9.17, 15) is 0 Å². The first-order valence-corrected chi connectivity index (χ1v) is 6.79. The zero-order valence-corrected chi connectivity index (χ0v) is 10.7. The van der Waals surface area contributed by atoms with Gasteiger partial charge >= 0.3 is 0 Å². The molecule has 0 bridgehead atoms. The summed E-state index contributed by atoms with van der Waals surface area (Å²) in [5, 5.41) is 0. The van der Waals surface area contributed by atoms with Crippen LogP contribution in [0.2, 0.25) is 0 Å². The minimum Gasteiger partial charge on any atom is -0.298 e. The normalized spacial score (nSPS) is 18.9. The first kappa shape index (κ1) is 11.1. The number of likely N-dealkylation sites (tertiary alicyclic amines) is 1. The van der Waals surface area contributed by atoms with Crippen LogP contribution in [-0.4, -0.2) is 23.6 Å². The Morgan fingerprint density at radius 1 is 1.47 bits per heavy atom. The van der Waals surface area contributed by atoms with E-state index in [1.165, 1.54) is 30.8 Å². The van der Waals surface area contributed by atoms with Crippen molar-refractivity contribution < 1.29 is 0 Å². The van der Waals surface area contributed by atoms with Crippen LogP contribution in [0.4, 0.5) is 0 Å². The van der Waals surface area contributed by atoms with Gasteiger partial charge in [0.15, 0.2) is 0 Å². The van der Waals surface area contributed by atoms with Gasteiger partial charge in [0, 0.05) is 11.4 Å². The van der Waals surface area contributed by atoms with Gasteiger partial charge < -0.3 is 0 Å². The van der Waals surface area contributed by atoms with Crippen molar-refractivity contribution in [2.45, 2.75) is 25.0 Å². The molecule has 1 aromatic heterocycles. The molecule has 1 unspecified atom stereocenters. The Kier molecular flexibility index (Phi) is 3.81. The number of piperidine rings is 1. The summed E-state index contributed by atoms with van der Waals surface area (Å²) in [5.74, 6) is 2.69. The molecule has 1 aliphatic heterocycles. The smallest absolute Gasteiger partial charge is 0.0769 e. The quantitative estimate of drug-likeness (QED) is 0.564. The van der Waals surface area contributed by atoms with Crippen molar-refractivity contribution in [2.75, 3.05) is 13.1 Å². The van der Waals surface area contributed by atoms with Gasteiger partial charge in [-0.25, -0.2) is 0 Å². The van der Waals surface area contributed by atoms with Crippen LogP contribution in [0.5, 0.6) is 0 Å². The first-order valence-electron chi connectivity index (χ1n) is 5.31. The average Bonchev–Trinajstić information content (AvgIpc) is 2.69. The van der Waals surface area contributed by atoms with Gasteiger partial charge in [-0.1, -0.05) is 5.92 Å². The molecule has 15 heavy (non-hydrogen) atoms. The second-order valence-electron chi connectivity index (χ2n) is 4.02. The van der Waals surface area contributed by atoms with Gasteiger partial charge in [-0.3, -0.25) is 4.90 Å². The molecule has 0 N–H and O–H groups in total. The van der Waals surface area contributed by atoms with Crippen LogP contribution in [0.1, 0.15) is 22.6 Å². The van der Waals surface area contributed by atoms with E-state index in [0.29, 0.717) is 0 Å². The van der Waals surface area contributed by atoms with Crippen molar-refractivity contribution >= 4 is 20.6 Å². The molecule has 0 amide bonds. The Hall–Kier alpha value is -0.350. The topological polar surface area (TPSA) is 3.24 Å². The van der Waals surface area contributed by atoms with Crippen LogP contribution in [0.3, 0.4) is 0 Å². The lowest BCUT2D eigenvalue weighted by atomic mass is 10.1. The van der Waals surface area contributed by atoms with Crippen LogP contribution in [0.15, 0.2) is 12.1 Å². The molecule has 1 fully saturated rings. The highest BCUT2D eigenvalue weighted by Crippen LogP contribution is 2.22. The summed E-state index contributed by atoms with van der Waals surface area (Å²) in [5.41, 5.74) is 0.825. The highest BCUT2D eigenvalue weighted by atomic mass is 32.1. The molecule has 1 atom stereocenters.